The molecular weight excluding hydrogens is 907 g/mol. The minimum Gasteiger partial charge on any atom is -0.311 e. The van der Waals surface area contributed by atoms with Crippen LogP contribution in [0.4, 0.5) is 17.1 Å². The van der Waals surface area contributed by atoms with Crippen LogP contribution in [0.5, 0.6) is 0 Å². The fourth-order valence-corrected chi connectivity index (χ4v) is 11.3. The van der Waals surface area contributed by atoms with Crippen molar-refractivity contribution in [2.24, 2.45) is 0 Å². The van der Waals surface area contributed by atoms with Crippen molar-refractivity contribution in [2.45, 2.75) is 0 Å². The third-order valence-electron chi connectivity index (χ3n) is 14.9. The van der Waals surface area contributed by atoms with E-state index in [2.05, 4.69) is 311 Å². The fraction of sp³-hybridized carbons (Fsp3) is 0. The zero-order chi connectivity index (χ0) is 49.7. The molecule has 0 bridgehead atoms. The highest BCUT2D eigenvalue weighted by atomic mass is 15.1. The summed E-state index contributed by atoms with van der Waals surface area (Å²) in [6, 6.07) is 108. The van der Waals surface area contributed by atoms with Gasteiger partial charge in [0.2, 0.25) is 0 Å². The number of hydrogen-bond acceptors (Lipinski definition) is 1. The molecule has 0 unspecified atom stereocenters. The first-order valence-corrected chi connectivity index (χ1v) is 25.7. The lowest BCUT2D eigenvalue weighted by Gasteiger charge is -2.26. The molecule has 0 spiro atoms. The second-order valence-corrected chi connectivity index (χ2v) is 19.3. The SMILES string of the molecule is c1ccc(-c2ccc(N(c3ccc(-c4ccccc4)cc3)c3ccc(-c4ccc5c(c4)c4ccccc4n5-c4ccc5c6ccccc6n(-c6cc(-c7ccccc7)cc(-c7ccccc7)c6)c5c4)cc3)cc2)cc1. The van der Waals surface area contributed by atoms with Crippen molar-refractivity contribution in [2.75, 3.05) is 4.90 Å². The van der Waals surface area contributed by atoms with Crippen molar-refractivity contribution in [1.29, 1.82) is 0 Å². The minimum atomic E-state index is 1.09. The van der Waals surface area contributed by atoms with Crippen molar-refractivity contribution in [3.05, 3.63) is 297 Å². The number of fused-ring (bicyclic) bond motifs is 6. The minimum absolute atomic E-state index is 1.09. The van der Waals surface area contributed by atoms with Gasteiger partial charge < -0.3 is 14.0 Å². The van der Waals surface area contributed by atoms with Gasteiger partial charge in [-0.15, -0.1) is 0 Å². The van der Waals surface area contributed by atoms with Crippen LogP contribution in [0.1, 0.15) is 0 Å². The van der Waals surface area contributed by atoms with Gasteiger partial charge in [-0.2, -0.15) is 0 Å². The second kappa shape index (κ2) is 18.6. The second-order valence-electron chi connectivity index (χ2n) is 19.3. The Kier molecular flexibility index (Phi) is 10.8. The van der Waals surface area contributed by atoms with E-state index in [0.29, 0.717) is 0 Å². The van der Waals surface area contributed by atoms with E-state index in [1.165, 1.54) is 88.2 Å². The summed E-state index contributed by atoms with van der Waals surface area (Å²) in [5.41, 5.74) is 22.1. The molecule has 352 valence electrons. The molecule has 0 atom stereocenters. The van der Waals surface area contributed by atoms with E-state index in [1.807, 2.05) is 0 Å². The Labute approximate surface area is 436 Å². The maximum atomic E-state index is 2.46. The van der Waals surface area contributed by atoms with Crippen LogP contribution in [-0.2, 0) is 0 Å². The normalized spacial score (nSPS) is 11.5. The number of anilines is 3. The van der Waals surface area contributed by atoms with Crippen molar-refractivity contribution >= 4 is 60.7 Å². The quantitative estimate of drug-likeness (QED) is 0.133. The maximum Gasteiger partial charge on any atom is 0.0561 e. The summed E-state index contributed by atoms with van der Waals surface area (Å²) in [6.45, 7) is 0. The summed E-state index contributed by atoms with van der Waals surface area (Å²) in [5, 5.41) is 4.89. The lowest BCUT2D eigenvalue weighted by atomic mass is 9.98. The molecule has 0 N–H and O–H groups in total. The Morgan fingerprint density at radius 3 is 1.01 bits per heavy atom. The molecule has 2 aromatic heterocycles. The highest BCUT2D eigenvalue weighted by Gasteiger charge is 2.20. The number of hydrogen-bond donors (Lipinski definition) is 0. The Balaban J connectivity index is 0.862. The molecule has 0 aliphatic carbocycles. The summed E-state index contributed by atoms with van der Waals surface area (Å²) in [6.07, 6.45) is 0. The van der Waals surface area contributed by atoms with E-state index < -0.39 is 0 Å². The predicted octanol–water partition coefficient (Wildman–Crippen LogP) is 19.7. The predicted molar refractivity (Wildman–Crippen MR) is 317 cm³/mol. The number of nitrogens with zero attached hydrogens (tertiary/aromatic N) is 3. The average molecular weight is 956 g/mol. The summed E-state index contributed by atoms with van der Waals surface area (Å²) in [5.74, 6) is 0. The zero-order valence-corrected chi connectivity index (χ0v) is 41.1. The van der Waals surface area contributed by atoms with Gasteiger partial charge >= 0.3 is 0 Å². The highest BCUT2D eigenvalue weighted by molar-refractivity contribution is 6.13. The molecule has 14 rings (SSSR count). The van der Waals surface area contributed by atoms with Crippen molar-refractivity contribution < 1.29 is 0 Å². The molecule has 0 fully saturated rings. The third-order valence-corrected chi connectivity index (χ3v) is 14.9. The van der Waals surface area contributed by atoms with Crippen LogP contribution in [0, 0.1) is 0 Å². The fourth-order valence-electron chi connectivity index (χ4n) is 11.3. The number of benzene rings is 12. The Hall–Kier alpha value is -9.96. The lowest BCUT2D eigenvalue weighted by Crippen LogP contribution is -2.09. The molecule has 0 aliphatic heterocycles. The van der Waals surface area contributed by atoms with E-state index in [4.69, 9.17) is 0 Å². The number of rotatable bonds is 10. The summed E-state index contributed by atoms with van der Waals surface area (Å²) >= 11 is 0. The molecule has 12 aromatic carbocycles. The van der Waals surface area contributed by atoms with Crippen LogP contribution in [0.3, 0.4) is 0 Å². The Morgan fingerprint density at radius 2 is 0.533 bits per heavy atom. The average Bonchev–Trinajstić information content (AvgIpc) is 4.01. The van der Waals surface area contributed by atoms with Gasteiger partial charge in [-0.05, 0) is 147 Å². The lowest BCUT2D eigenvalue weighted by molar-refractivity contribution is 1.15. The van der Waals surface area contributed by atoms with E-state index in [9.17, 15) is 0 Å². The first kappa shape index (κ1) is 43.8. The van der Waals surface area contributed by atoms with Crippen LogP contribution in [0.15, 0.2) is 297 Å². The first-order chi connectivity index (χ1) is 37.2. The molecule has 0 radical (unpaired) electrons. The van der Waals surface area contributed by atoms with E-state index in [0.717, 1.165) is 39.5 Å². The van der Waals surface area contributed by atoms with Gasteiger partial charge in [0.1, 0.15) is 0 Å². The van der Waals surface area contributed by atoms with E-state index >= 15 is 0 Å². The molecule has 75 heavy (non-hydrogen) atoms. The molecule has 0 amide bonds. The van der Waals surface area contributed by atoms with Crippen LogP contribution in [0.25, 0.3) is 111 Å². The highest BCUT2D eigenvalue weighted by Crippen LogP contribution is 2.42. The maximum absolute atomic E-state index is 2.46. The molecule has 14 aromatic rings. The molecular formula is C72H49N3. The van der Waals surface area contributed by atoms with E-state index in [1.54, 1.807) is 0 Å². The van der Waals surface area contributed by atoms with Gasteiger partial charge in [-0.3, -0.25) is 0 Å². The largest absolute Gasteiger partial charge is 0.311 e. The number of aromatic nitrogens is 2. The van der Waals surface area contributed by atoms with Crippen LogP contribution in [-0.4, -0.2) is 9.13 Å². The molecule has 0 saturated heterocycles. The van der Waals surface area contributed by atoms with Crippen molar-refractivity contribution in [3.8, 4) is 67.0 Å². The van der Waals surface area contributed by atoms with Gasteiger partial charge in [0, 0.05) is 50.0 Å². The van der Waals surface area contributed by atoms with Crippen molar-refractivity contribution in [3.63, 3.8) is 0 Å². The molecule has 3 heteroatoms. The van der Waals surface area contributed by atoms with Gasteiger partial charge in [0.25, 0.3) is 0 Å². The van der Waals surface area contributed by atoms with E-state index in [-0.39, 0.29) is 0 Å². The molecule has 0 saturated carbocycles. The van der Waals surface area contributed by atoms with Crippen LogP contribution in [0.2, 0.25) is 0 Å². The Morgan fingerprint density at radius 1 is 0.187 bits per heavy atom. The van der Waals surface area contributed by atoms with Crippen LogP contribution >= 0.6 is 0 Å². The molecule has 3 nitrogen and oxygen atoms in total. The summed E-state index contributed by atoms with van der Waals surface area (Å²) in [4.78, 5) is 2.35. The van der Waals surface area contributed by atoms with Crippen molar-refractivity contribution in [1.82, 2.24) is 9.13 Å². The van der Waals surface area contributed by atoms with Gasteiger partial charge in [-0.1, -0.05) is 206 Å². The van der Waals surface area contributed by atoms with Gasteiger partial charge in [0.05, 0.1) is 22.1 Å². The topological polar surface area (TPSA) is 13.1 Å². The molecule has 0 aliphatic rings. The summed E-state index contributed by atoms with van der Waals surface area (Å²) in [7, 11) is 0. The van der Waals surface area contributed by atoms with Crippen LogP contribution < -0.4 is 4.90 Å². The standard InChI is InChI=1S/C72H49N3/c1-5-17-50(18-6-1)54-29-36-60(37-30-54)73(61-38-31-55(32-39-61)51-19-7-2-8-20-51)62-40-33-56(34-41-62)57-35-44-71-68(48-57)66-26-14-16-28-70(66)74(71)63-42-43-67-65-25-13-15-27-69(65)75(72(67)49-63)64-46-58(52-21-9-3-10-22-52)45-59(47-64)53-23-11-4-12-24-53/h1-49H. The first-order valence-electron chi connectivity index (χ1n) is 25.7. The zero-order valence-electron chi connectivity index (χ0n) is 41.1. The Bertz CT molecular complexity index is 4210. The van der Waals surface area contributed by atoms with Gasteiger partial charge in [0.15, 0.2) is 0 Å². The number of para-hydroxylation sites is 2. The van der Waals surface area contributed by atoms with Gasteiger partial charge in [-0.25, -0.2) is 0 Å². The third kappa shape index (κ3) is 7.95. The summed E-state index contributed by atoms with van der Waals surface area (Å²) < 4.78 is 4.90. The smallest absolute Gasteiger partial charge is 0.0561 e. The molecule has 2 heterocycles. The monoisotopic (exact) mass is 955 g/mol.